The lowest BCUT2D eigenvalue weighted by Crippen LogP contribution is -2.33. The van der Waals surface area contributed by atoms with Crippen LogP contribution in [0.4, 0.5) is 0 Å². The Kier molecular flexibility index (Phi) is 17.3. The van der Waals surface area contributed by atoms with E-state index in [0.29, 0.717) is 65.6 Å². The second-order valence-corrected chi connectivity index (χ2v) is 21.6. The Bertz CT molecular complexity index is 3300. The van der Waals surface area contributed by atoms with E-state index in [1.807, 2.05) is 66.7 Å². The monoisotopic (exact) mass is 1070 g/mol. The van der Waals surface area contributed by atoms with Gasteiger partial charge in [-0.1, -0.05) is 50.7 Å². The van der Waals surface area contributed by atoms with E-state index in [1.54, 1.807) is 20.3 Å². The van der Waals surface area contributed by atoms with Crippen LogP contribution in [0.2, 0.25) is 0 Å². The molecule has 6 aliphatic rings. The fourth-order valence-electron chi connectivity index (χ4n) is 12.8. The van der Waals surface area contributed by atoms with Crippen LogP contribution in [0.25, 0.3) is 56.5 Å². The lowest BCUT2D eigenvalue weighted by Gasteiger charge is -2.24. The molecule has 4 fully saturated rings. The van der Waals surface area contributed by atoms with E-state index in [0.717, 1.165) is 119 Å². The number of aliphatic carboxylic acids is 1. The standard InChI is InChI=1S/C32H36N2O5.C27H27NO5.C5H11NO/c1-37-24-11-13-26-22(16-24)15-23(31(35)33-18-25-9-6-14-39-25)19-34-28-17-21(32(36)38-2)10-12-27(28)29(30(26)34)20-7-4-3-5-8-20;1-32-20-9-11-21-18(13-20)12-19(26(29)30)15-28-23-14-17(27(31)33-2)8-10-22(23)24(25(21)28)16-6-4-3-5-7-16;6-4-5-2-1-3-7-5/h10-13,15-17,20,25H,3-9,14,18-19H2,1-2H3,(H,33,35);8-14,16H,3-7,15H2,1-2H3,(H,29,30);5H,1-4,6H2/t25-;;5-/m0.0/s1. The predicted molar refractivity (Wildman–Crippen MR) is 306 cm³/mol. The normalized spacial score (nSPS) is 18.8. The van der Waals surface area contributed by atoms with Crippen molar-refractivity contribution in [2.45, 2.75) is 127 Å². The molecule has 6 aromatic rings. The molecule has 79 heavy (non-hydrogen) atoms. The summed E-state index contributed by atoms with van der Waals surface area (Å²) >= 11 is 0. The van der Waals surface area contributed by atoms with Crippen molar-refractivity contribution in [2.24, 2.45) is 5.73 Å². The molecule has 0 bridgehead atoms. The molecule has 2 saturated carbocycles. The first kappa shape index (κ1) is 55.1. The minimum atomic E-state index is -0.957. The number of nitrogens with zero attached hydrogens (tertiary/aromatic N) is 2. The Morgan fingerprint density at radius 1 is 0.582 bits per heavy atom. The van der Waals surface area contributed by atoms with Crippen LogP contribution >= 0.6 is 0 Å². The summed E-state index contributed by atoms with van der Waals surface area (Å²) in [5.74, 6) is 0.426. The third kappa shape index (κ3) is 11.6. The molecule has 2 aliphatic carbocycles. The summed E-state index contributed by atoms with van der Waals surface area (Å²) < 4.78 is 36.2. The van der Waals surface area contributed by atoms with E-state index in [4.69, 9.17) is 34.2 Å². The highest BCUT2D eigenvalue weighted by molar-refractivity contribution is 6.05. The van der Waals surface area contributed by atoms with E-state index in [1.165, 1.54) is 70.3 Å². The van der Waals surface area contributed by atoms with Gasteiger partial charge in [0.1, 0.15) is 11.5 Å². The van der Waals surface area contributed by atoms with Crippen molar-refractivity contribution in [3.8, 4) is 34.0 Å². The summed E-state index contributed by atoms with van der Waals surface area (Å²) in [6, 6.07) is 23.5. The highest BCUT2D eigenvalue weighted by Gasteiger charge is 2.33. The van der Waals surface area contributed by atoms with Gasteiger partial charge in [0.25, 0.3) is 0 Å². The molecule has 6 heterocycles. The van der Waals surface area contributed by atoms with Gasteiger partial charge in [-0.3, -0.25) is 4.79 Å². The molecule has 4 aliphatic heterocycles. The Labute approximate surface area is 462 Å². The van der Waals surface area contributed by atoms with Crippen molar-refractivity contribution in [1.29, 1.82) is 0 Å². The van der Waals surface area contributed by atoms with E-state index in [9.17, 15) is 24.3 Å². The number of nitrogens with one attached hydrogen (secondary N) is 1. The molecule has 4 aromatic carbocycles. The Morgan fingerprint density at radius 2 is 1.05 bits per heavy atom. The Hall–Kier alpha value is -7.20. The van der Waals surface area contributed by atoms with Crippen LogP contribution in [0, 0.1) is 0 Å². The molecule has 2 aromatic heterocycles. The number of carbonyl (C=O) groups is 4. The smallest absolute Gasteiger partial charge is 0.337 e. The first-order valence-electron chi connectivity index (χ1n) is 28.2. The number of ether oxygens (including phenoxy) is 6. The fraction of sp³-hybridized carbons (Fsp3) is 0.438. The van der Waals surface area contributed by atoms with Crippen LogP contribution in [-0.4, -0.2) is 105 Å². The van der Waals surface area contributed by atoms with Crippen LogP contribution in [-0.2, 0) is 41.6 Å². The first-order valence-corrected chi connectivity index (χ1v) is 28.2. The number of benzene rings is 4. The molecule has 4 N–H and O–H groups in total. The molecule has 15 nitrogen and oxygen atoms in total. The molecule has 0 spiro atoms. The number of carbonyl (C=O) groups excluding carboxylic acids is 3. The summed E-state index contributed by atoms with van der Waals surface area (Å²) in [7, 11) is 6.05. The lowest BCUT2D eigenvalue weighted by atomic mass is 9.81. The van der Waals surface area contributed by atoms with E-state index < -0.39 is 11.9 Å². The third-order valence-electron chi connectivity index (χ3n) is 16.8. The van der Waals surface area contributed by atoms with Gasteiger partial charge in [-0.25, -0.2) is 14.4 Å². The maximum Gasteiger partial charge on any atom is 0.337 e. The summed E-state index contributed by atoms with van der Waals surface area (Å²) in [6.07, 6.45) is 20.3. The maximum absolute atomic E-state index is 13.6. The van der Waals surface area contributed by atoms with Crippen LogP contribution in [0.15, 0.2) is 83.9 Å². The zero-order valence-electron chi connectivity index (χ0n) is 46.0. The van der Waals surface area contributed by atoms with Crippen molar-refractivity contribution in [1.82, 2.24) is 14.5 Å². The topological polar surface area (TPSA) is 192 Å². The fourth-order valence-corrected chi connectivity index (χ4v) is 12.8. The molecular formula is C64H74N4O11. The molecular weight excluding hydrogens is 1000 g/mol. The highest BCUT2D eigenvalue weighted by Crippen LogP contribution is 2.49. The molecule has 2 saturated heterocycles. The average molecular weight is 1080 g/mol. The number of nitrogens with two attached hydrogens (primary N) is 1. The molecule has 0 radical (unpaired) electrons. The van der Waals surface area contributed by atoms with Crippen LogP contribution < -0.4 is 20.5 Å². The quantitative estimate of drug-likeness (QED) is 0.104. The number of rotatable bonds is 11. The van der Waals surface area contributed by atoms with Crippen LogP contribution in [0.1, 0.15) is 145 Å². The van der Waals surface area contributed by atoms with Crippen molar-refractivity contribution in [2.75, 3.05) is 54.7 Å². The highest BCUT2D eigenvalue weighted by atomic mass is 16.5. The van der Waals surface area contributed by atoms with Gasteiger partial charge in [0.15, 0.2) is 0 Å². The van der Waals surface area contributed by atoms with Gasteiger partial charge < -0.3 is 53.7 Å². The van der Waals surface area contributed by atoms with Gasteiger partial charge in [-0.05, 0) is 158 Å². The second kappa shape index (κ2) is 24.9. The number of fused-ring (bicyclic) bond motifs is 10. The molecule has 1 amide bonds. The number of carboxylic acid groups (broad SMARTS) is 1. The number of methoxy groups -OCH3 is 4. The van der Waals surface area contributed by atoms with Gasteiger partial charge in [0.2, 0.25) is 5.91 Å². The zero-order chi connectivity index (χ0) is 55.2. The van der Waals surface area contributed by atoms with E-state index in [2.05, 4.69) is 26.6 Å². The summed E-state index contributed by atoms with van der Waals surface area (Å²) in [5, 5.41) is 15.3. The summed E-state index contributed by atoms with van der Waals surface area (Å²) in [6.45, 7) is 3.48. The van der Waals surface area contributed by atoms with Gasteiger partial charge in [0.05, 0.1) is 81.8 Å². The van der Waals surface area contributed by atoms with Crippen molar-refractivity contribution < 1.29 is 52.7 Å². The number of esters is 2. The Morgan fingerprint density at radius 3 is 1.47 bits per heavy atom. The average Bonchev–Trinajstić information content (AvgIpc) is 4.43. The largest absolute Gasteiger partial charge is 0.497 e. The van der Waals surface area contributed by atoms with Crippen LogP contribution in [0.5, 0.6) is 11.5 Å². The summed E-state index contributed by atoms with van der Waals surface area (Å²) in [4.78, 5) is 50.6. The molecule has 2 atom stereocenters. The number of amides is 1. The maximum atomic E-state index is 13.6. The van der Waals surface area contributed by atoms with Crippen molar-refractivity contribution in [3.05, 3.63) is 117 Å². The number of aromatic nitrogens is 2. The lowest BCUT2D eigenvalue weighted by molar-refractivity contribution is -0.132. The second-order valence-electron chi connectivity index (χ2n) is 21.6. The van der Waals surface area contributed by atoms with E-state index >= 15 is 0 Å². The van der Waals surface area contributed by atoms with Crippen molar-refractivity contribution in [3.63, 3.8) is 0 Å². The third-order valence-corrected chi connectivity index (χ3v) is 16.8. The molecule has 12 rings (SSSR count). The summed E-state index contributed by atoms with van der Waals surface area (Å²) in [5.41, 5.74) is 17.7. The van der Waals surface area contributed by atoms with Crippen LogP contribution in [0.3, 0.4) is 0 Å². The van der Waals surface area contributed by atoms with Crippen molar-refractivity contribution >= 4 is 57.8 Å². The predicted octanol–water partition coefficient (Wildman–Crippen LogP) is 11.6. The Balaban J connectivity index is 0.000000160. The molecule has 416 valence electrons. The SMILES string of the molecule is COC(=O)c1ccc2c(C3CCCCC3)c3n(c2c1)CC(C(=O)NC[C@@H]1CCCO1)=Cc1cc(OC)ccc1-3.COC(=O)c1ccc2c(C3CCCCC3)c3n(c2c1)CC(C(=O)O)=Cc1cc(OC)ccc1-3.NC[C@@H]1CCCO1. The minimum Gasteiger partial charge on any atom is -0.497 e. The number of hydrogen-bond donors (Lipinski definition) is 3. The van der Waals surface area contributed by atoms with Gasteiger partial charge >= 0.3 is 17.9 Å². The molecule has 0 unspecified atom stereocenters. The van der Waals surface area contributed by atoms with Gasteiger partial charge in [-0.2, -0.15) is 0 Å². The van der Waals surface area contributed by atoms with E-state index in [-0.39, 0.29) is 24.5 Å². The first-order chi connectivity index (χ1) is 38.5. The number of carboxylic acids is 1. The van der Waals surface area contributed by atoms with Gasteiger partial charge in [0, 0.05) is 64.8 Å². The zero-order valence-corrected chi connectivity index (χ0v) is 46.0. The minimum absolute atomic E-state index is 0.0659. The van der Waals surface area contributed by atoms with Gasteiger partial charge in [-0.15, -0.1) is 0 Å². The molecule has 15 heteroatoms. The number of hydrogen-bond acceptors (Lipinski definition) is 11.